The number of sulfonamides is 1. The fraction of sp³-hybridized carbons (Fsp3) is 0.263. The van der Waals surface area contributed by atoms with Gasteiger partial charge in [0.1, 0.15) is 0 Å². The van der Waals surface area contributed by atoms with E-state index in [1.54, 1.807) is 35.2 Å². The molecule has 1 amide bonds. The molecule has 0 saturated carbocycles. The van der Waals surface area contributed by atoms with Crippen LogP contribution in [-0.4, -0.2) is 32.3 Å². The van der Waals surface area contributed by atoms with Gasteiger partial charge in [0.2, 0.25) is 0 Å². The highest BCUT2D eigenvalue weighted by molar-refractivity contribution is 7.92. The summed E-state index contributed by atoms with van der Waals surface area (Å²) in [6, 6.07) is 14.2. The molecule has 0 radical (unpaired) electrons. The maximum absolute atomic E-state index is 12.6. The number of likely N-dealkylation sites (tertiary alicyclic amines) is 1. The van der Waals surface area contributed by atoms with Crippen LogP contribution in [0.2, 0.25) is 0 Å². The van der Waals surface area contributed by atoms with Crippen molar-refractivity contribution >= 4 is 21.6 Å². The largest absolute Gasteiger partial charge is 0.339 e. The molecule has 26 heavy (non-hydrogen) atoms. The monoisotopic (exact) mass is 369 g/mol. The number of carbonyl (C=O) groups excluding carboxylic acids is 1. The van der Waals surface area contributed by atoms with E-state index in [1.807, 2.05) is 6.07 Å². The summed E-state index contributed by atoms with van der Waals surface area (Å²) >= 11 is 0. The van der Waals surface area contributed by atoms with Gasteiger partial charge in [-0.05, 0) is 55.7 Å². The molecule has 0 spiro atoms. The van der Waals surface area contributed by atoms with E-state index >= 15 is 0 Å². The fourth-order valence-corrected chi connectivity index (χ4v) is 4.04. The fourth-order valence-electron chi connectivity index (χ4n) is 2.94. The van der Waals surface area contributed by atoms with Crippen LogP contribution >= 0.6 is 0 Å². The minimum Gasteiger partial charge on any atom is -0.339 e. The molecule has 1 aliphatic rings. The van der Waals surface area contributed by atoms with Crippen LogP contribution in [0.3, 0.4) is 0 Å². The van der Waals surface area contributed by atoms with Gasteiger partial charge in [-0.15, -0.1) is 0 Å². The first-order valence-electron chi connectivity index (χ1n) is 8.42. The number of rotatable bonds is 4. The molecule has 0 atom stereocenters. The molecule has 7 heteroatoms. The number of hydrogen-bond donors (Lipinski definition) is 1. The molecule has 0 bridgehead atoms. The van der Waals surface area contributed by atoms with Crippen molar-refractivity contribution in [2.24, 2.45) is 0 Å². The molecule has 6 nitrogen and oxygen atoms in total. The molecule has 0 aromatic heterocycles. The van der Waals surface area contributed by atoms with E-state index in [2.05, 4.69) is 4.72 Å². The average Bonchev–Trinajstić information content (AvgIpc) is 2.68. The standard InChI is InChI=1S/C19H19N3O3S/c20-14-15-6-4-8-17(12-15)21-26(24,25)18-9-5-7-16(13-18)19(23)22-10-2-1-3-11-22/h4-9,12-13,21H,1-3,10-11H2. The number of anilines is 1. The summed E-state index contributed by atoms with van der Waals surface area (Å²) in [5.74, 6) is -0.145. The third kappa shape index (κ3) is 4.03. The van der Waals surface area contributed by atoms with Crippen molar-refractivity contribution in [2.45, 2.75) is 24.2 Å². The number of amides is 1. The van der Waals surface area contributed by atoms with Crippen LogP contribution < -0.4 is 4.72 Å². The average molecular weight is 369 g/mol. The maximum Gasteiger partial charge on any atom is 0.261 e. The Balaban J connectivity index is 1.84. The highest BCUT2D eigenvalue weighted by atomic mass is 32.2. The third-order valence-electron chi connectivity index (χ3n) is 4.28. The number of nitriles is 1. The van der Waals surface area contributed by atoms with Gasteiger partial charge in [-0.1, -0.05) is 12.1 Å². The SMILES string of the molecule is N#Cc1cccc(NS(=O)(=O)c2cccc(C(=O)N3CCCCC3)c2)c1. The zero-order valence-electron chi connectivity index (χ0n) is 14.2. The third-order valence-corrected chi connectivity index (χ3v) is 5.66. The number of nitrogens with one attached hydrogen (secondary N) is 1. The summed E-state index contributed by atoms with van der Waals surface area (Å²) in [6.07, 6.45) is 3.06. The van der Waals surface area contributed by atoms with Gasteiger partial charge in [0.05, 0.1) is 22.2 Å². The molecule has 1 heterocycles. The van der Waals surface area contributed by atoms with Gasteiger partial charge in [0, 0.05) is 18.7 Å². The number of carbonyl (C=O) groups is 1. The van der Waals surface area contributed by atoms with Gasteiger partial charge in [-0.2, -0.15) is 5.26 Å². The Labute approximate surface area is 153 Å². The van der Waals surface area contributed by atoms with E-state index in [0.717, 1.165) is 19.3 Å². The van der Waals surface area contributed by atoms with Gasteiger partial charge in [0.25, 0.3) is 15.9 Å². The first kappa shape index (κ1) is 18.0. The summed E-state index contributed by atoms with van der Waals surface area (Å²) in [4.78, 5) is 14.4. The van der Waals surface area contributed by atoms with E-state index < -0.39 is 10.0 Å². The maximum atomic E-state index is 12.6. The van der Waals surface area contributed by atoms with E-state index in [0.29, 0.717) is 29.9 Å². The van der Waals surface area contributed by atoms with Crippen molar-refractivity contribution in [3.8, 4) is 6.07 Å². The van der Waals surface area contributed by atoms with Crippen molar-refractivity contribution in [1.29, 1.82) is 5.26 Å². The summed E-state index contributed by atoms with van der Waals surface area (Å²) in [5.41, 5.74) is 1.02. The zero-order valence-corrected chi connectivity index (χ0v) is 15.0. The molecule has 0 unspecified atom stereocenters. The zero-order chi connectivity index (χ0) is 18.6. The lowest BCUT2D eigenvalue weighted by Crippen LogP contribution is -2.35. The molecule has 3 rings (SSSR count). The van der Waals surface area contributed by atoms with Crippen LogP contribution in [0.5, 0.6) is 0 Å². The Hall–Kier alpha value is -2.85. The summed E-state index contributed by atoms with van der Waals surface area (Å²) in [5, 5.41) is 8.93. The van der Waals surface area contributed by atoms with Gasteiger partial charge in [-0.25, -0.2) is 8.42 Å². The number of nitrogens with zero attached hydrogens (tertiary/aromatic N) is 2. The normalized spacial score (nSPS) is 14.5. The molecular formula is C19H19N3O3S. The van der Waals surface area contributed by atoms with Crippen molar-refractivity contribution in [2.75, 3.05) is 17.8 Å². The predicted octanol–water partition coefficient (Wildman–Crippen LogP) is 2.99. The Kier molecular flexibility index (Phi) is 5.24. The van der Waals surface area contributed by atoms with Crippen LogP contribution in [0.15, 0.2) is 53.4 Å². The molecule has 1 aliphatic heterocycles. The Morgan fingerprint density at radius 2 is 1.77 bits per heavy atom. The molecule has 134 valence electrons. The van der Waals surface area contributed by atoms with E-state index in [9.17, 15) is 13.2 Å². The molecule has 1 N–H and O–H groups in total. The molecule has 2 aromatic carbocycles. The van der Waals surface area contributed by atoms with Gasteiger partial charge < -0.3 is 4.90 Å². The van der Waals surface area contributed by atoms with Crippen molar-refractivity contribution < 1.29 is 13.2 Å². The van der Waals surface area contributed by atoms with E-state index in [-0.39, 0.29) is 10.8 Å². The van der Waals surface area contributed by atoms with Crippen LogP contribution in [-0.2, 0) is 10.0 Å². The molecule has 1 fully saturated rings. The van der Waals surface area contributed by atoms with Crippen LogP contribution in [0.4, 0.5) is 5.69 Å². The minimum atomic E-state index is -3.86. The second-order valence-electron chi connectivity index (χ2n) is 6.18. The summed E-state index contributed by atoms with van der Waals surface area (Å²) in [6.45, 7) is 1.41. The van der Waals surface area contributed by atoms with E-state index in [1.165, 1.54) is 18.2 Å². The van der Waals surface area contributed by atoms with Gasteiger partial charge in [-0.3, -0.25) is 9.52 Å². The number of hydrogen-bond acceptors (Lipinski definition) is 4. The van der Waals surface area contributed by atoms with Gasteiger partial charge in [0.15, 0.2) is 0 Å². The van der Waals surface area contributed by atoms with Crippen LogP contribution in [0.25, 0.3) is 0 Å². The Morgan fingerprint density at radius 3 is 2.50 bits per heavy atom. The molecule has 0 aliphatic carbocycles. The molecular weight excluding hydrogens is 350 g/mol. The van der Waals surface area contributed by atoms with E-state index in [4.69, 9.17) is 5.26 Å². The first-order valence-corrected chi connectivity index (χ1v) is 9.90. The number of piperidine rings is 1. The quantitative estimate of drug-likeness (QED) is 0.897. The lowest BCUT2D eigenvalue weighted by atomic mass is 10.1. The number of benzene rings is 2. The van der Waals surface area contributed by atoms with Crippen molar-refractivity contribution in [3.63, 3.8) is 0 Å². The first-order chi connectivity index (χ1) is 12.5. The topological polar surface area (TPSA) is 90.3 Å². The highest BCUT2D eigenvalue weighted by Gasteiger charge is 2.21. The van der Waals surface area contributed by atoms with Crippen molar-refractivity contribution in [3.05, 3.63) is 59.7 Å². The summed E-state index contributed by atoms with van der Waals surface area (Å²) < 4.78 is 27.7. The predicted molar refractivity (Wildman–Crippen MR) is 98.2 cm³/mol. The van der Waals surface area contributed by atoms with Crippen molar-refractivity contribution in [1.82, 2.24) is 4.90 Å². The second-order valence-corrected chi connectivity index (χ2v) is 7.86. The lowest BCUT2D eigenvalue weighted by Gasteiger charge is -2.26. The van der Waals surface area contributed by atoms with Gasteiger partial charge >= 0.3 is 0 Å². The van der Waals surface area contributed by atoms with Crippen LogP contribution in [0, 0.1) is 11.3 Å². The lowest BCUT2D eigenvalue weighted by molar-refractivity contribution is 0.0724. The highest BCUT2D eigenvalue weighted by Crippen LogP contribution is 2.20. The molecule has 2 aromatic rings. The molecule has 1 saturated heterocycles. The smallest absolute Gasteiger partial charge is 0.261 e. The summed E-state index contributed by atoms with van der Waals surface area (Å²) in [7, 11) is -3.86. The Bertz CT molecular complexity index is 958. The van der Waals surface area contributed by atoms with Crippen LogP contribution in [0.1, 0.15) is 35.2 Å². The minimum absolute atomic E-state index is 0.0164. The Morgan fingerprint density at radius 1 is 1.04 bits per heavy atom. The second kappa shape index (κ2) is 7.58.